The molecule has 1 saturated carbocycles. The summed E-state index contributed by atoms with van der Waals surface area (Å²) in [6, 6.07) is 0.236. The van der Waals surface area contributed by atoms with E-state index in [2.05, 4.69) is 10.3 Å². The van der Waals surface area contributed by atoms with Gasteiger partial charge < -0.3 is 16.0 Å². The topological polar surface area (TPSA) is 110 Å². The SMILES string of the molecule is Cl.Cn1c(=O)[nH]cc(CC(=O)N[C@@H]2CC[C@@H](N)C2)c1=O. The Morgan fingerprint density at radius 1 is 1.50 bits per heavy atom. The molecule has 0 spiro atoms. The number of halogens is 1. The Kier molecular flexibility index (Phi) is 5.52. The molecule has 8 heteroatoms. The summed E-state index contributed by atoms with van der Waals surface area (Å²) < 4.78 is 0.952. The number of amides is 1. The minimum atomic E-state index is -0.490. The highest BCUT2D eigenvalue weighted by atomic mass is 35.5. The molecule has 7 nitrogen and oxygen atoms in total. The molecule has 2 atom stereocenters. The van der Waals surface area contributed by atoms with Crippen LogP contribution < -0.4 is 22.3 Å². The molecule has 0 unspecified atom stereocenters. The average Bonchev–Trinajstić information content (AvgIpc) is 2.75. The normalized spacial score (nSPS) is 21.3. The molecule has 4 N–H and O–H groups in total. The Labute approximate surface area is 122 Å². The summed E-state index contributed by atoms with van der Waals surface area (Å²) in [6.45, 7) is 0. The second-order valence-corrected chi connectivity index (χ2v) is 5.00. The van der Waals surface area contributed by atoms with Crippen LogP contribution >= 0.6 is 12.4 Å². The maximum absolute atomic E-state index is 11.8. The Morgan fingerprint density at radius 3 is 2.80 bits per heavy atom. The fourth-order valence-electron chi connectivity index (χ4n) is 2.34. The van der Waals surface area contributed by atoms with Crippen molar-refractivity contribution in [1.29, 1.82) is 0 Å². The van der Waals surface area contributed by atoms with E-state index in [0.717, 1.165) is 23.8 Å². The van der Waals surface area contributed by atoms with Crippen LogP contribution in [0.3, 0.4) is 0 Å². The lowest BCUT2D eigenvalue weighted by molar-refractivity contribution is -0.121. The highest BCUT2D eigenvalue weighted by Crippen LogP contribution is 2.16. The van der Waals surface area contributed by atoms with E-state index in [0.29, 0.717) is 0 Å². The van der Waals surface area contributed by atoms with Gasteiger partial charge in [0.2, 0.25) is 5.91 Å². The number of aromatic amines is 1. The first-order chi connectivity index (χ1) is 8.97. The van der Waals surface area contributed by atoms with Crippen molar-refractivity contribution < 1.29 is 4.79 Å². The molecule has 0 aromatic carbocycles. The van der Waals surface area contributed by atoms with Crippen LogP contribution in [0.4, 0.5) is 0 Å². The summed E-state index contributed by atoms with van der Waals surface area (Å²) in [5.74, 6) is -0.219. The highest BCUT2D eigenvalue weighted by molar-refractivity contribution is 5.85. The molecule has 0 bridgehead atoms. The zero-order valence-corrected chi connectivity index (χ0v) is 12.0. The molecular formula is C12H19ClN4O3. The Hall–Kier alpha value is -1.60. The number of rotatable bonds is 3. The van der Waals surface area contributed by atoms with Gasteiger partial charge in [-0.05, 0) is 19.3 Å². The van der Waals surface area contributed by atoms with Crippen LogP contribution in [-0.2, 0) is 18.3 Å². The van der Waals surface area contributed by atoms with Crippen LogP contribution in [0.15, 0.2) is 15.8 Å². The zero-order chi connectivity index (χ0) is 14.0. The standard InChI is InChI=1S/C12H18N4O3.ClH/c1-16-11(18)7(6-14-12(16)19)4-10(17)15-9-3-2-8(13)5-9;/h6,8-9H,2-5,13H2,1H3,(H,14,19)(H,15,17);1H/t8-,9-;/m1./s1. The number of hydrogen-bond donors (Lipinski definition) is 3. The third-order valence-corrected chi connectivity index (χ3v) is 3.44. The van der Waals surface area contributed by atoms with Crippen LogP contribution in [0.25, 0.3) is 0 Å². The van der Waals surface area contributed by atoms with Gasteiger partial charge in [-0.1, -0.05) is 0 Å². The molecular weight excluding hydrogens is 284 g/mol. The van der Waals surface area contributed by atoms with Gasteiger partial charge in [0.25, 0.3) is 5.56 Å². The predicted octanol–water partition coefficient (Wildman–Crippen LogP) is -0.966. The average molecular weight is 303 g/mol. The Morgan fingerprint density at radius 2 is 2.20 bits per heavy atom. The van der Waals surface area contributed by atoms with E-state index < -0.39 is 11.2 Å². The van der Waals surface area contributed by atoms with E-state index in [9.17, 15) is 14.4 Å². The van der Waals surface area contributed by atoms with E-state index in [4.69, 9.17) is 5.73 Å². The van der Waals surface area contributed by atoms with Crippen molar-refractivity contribution in [2.24, 2.45) is 12.8 Å². The number of nitrogens with one attached hydrogen (secondary N) is 2. The molecule has 1 aromatic heterocycles. The van der Waals surface area contributed by atoms with E-state index in [1.807, 2.05) is 0 Å². The molecule has 1 fully saturated rings. The van der Waals surface area contributed by atoms with Gasteiger partial charge in [0.15, 0.2) is 0 Å². The maximum atomic E-state index is 11.8. The summed E-state index contributed by atoms with van der Waals surface area (Å²) in [5.41, 5.74) is 5.12. The van der Waals surface area contributed by atoms with Gasteiger partial charge in [-0.15, -0.1) is 12.4 Å². The van der Waals surface area contributed by atoms with Crippen LogP contribution in [0, 0.1) is 0 Å². The predicted molar refractivity (Wildman–Crippen MR) is 77.0 cm³/mol. The number of hydrogen-bond acceptors (Lipinski definition) is 4. The van der Waals surface area contributed by atoms with Crippen LogP contribution in [0.5, 0.6) is 0 Å². The lowest BCUT2D eigenvalue weighted by Gasteiger charge is -2.12. The van der Waals surface area contributed by atoms with Crippen molar-refractivity contribution in [3.05, 3.63) is 32.6 Å². The molecule has 0 saturated heterocycles. The fourth-order valence-corrected chi connectivity index (χ4v) is 2.34. The second-order valence-electron chi connectivity index (χ2n) is 5.00. The van der Waals surface area contributed by atoms with Crippen LogP contribution in [0.1, 0.15) is 24.8 Å². The van der Waals surface area contributed by atoms with Gasteiger partial charge in [-0.25, -0.2) is 4.79 Å². The summed E-state index contributed by atoms with van der Waals surface area (Å²) in [4.78, 5) is 37.2. The van der Waals surface area contributed by atoms with Crippen LogP contribution in [0.2, 0.25) is 0 Å². The summed E-state index contributed by atoms with van der Waals surface area (Å²) in [6.07, 6.45) is 3.82. The maximum Gasteiger partial charge on any atom is 0.328 e. The Bertz CT molecular complexity index is 595. The first-order valence-corrected chi connectivity index (χ1v) is 6.30. The molecule has 0 aliphatic heterocycles. The third kappa shape index (κ3) is 3.71. The molecule has 2 rings (SSSR count). The first kappa shape index (κ1) is 16.5. The van der Waals surface area contributed by atoms with Gasteiger partial charge in [0.05, 0.1) is 6.42 Å². The lowest BCUT2D eigenvalue weighted by Crippen LogP contribution is -2.39. The smallest absolute Gasteiger partial charge is 0.328 e. The fraction of sp³-hybridized carbons (Fsp3) is 0.583. The van der Waals surface area contributed by atoms with Crippen molar-refractivity contribution in [3.63, 3.8) is 0 Å². The highest BCUT2D eigenvalue weighted by Gasteiger charge is 2.23. The number of carbonyl (C=O) groups is 1. The second kappa shape index (κ2) is 6.71. The minimum absolute atomic E-state index is 0. The van der Waals surface area contributed by atoms with Crippen LogP contribution in [-0.4, -0.2) is 27.5 Å². The summed E-state index contributed by atoms with van der Waals surface area (Å²) in [5, 5.41) is 2.86. The number of aromatic nitrogens is 2. The van der Waals surface area contributed by atoms with Crippen molar-refractivity contribution in [2.45, 2.75) is 37.8 Å². The van der Waals surface area contributed by atoms with Crippen molar-refractivity contribution >= 4 is 18.3 Å². The molecule has 1 aliphatic rings. The molecule has 20 heavy (non-hydrogen) atoms. The molecule has 112 valence electrons. The van der Waals surface area contributed by atoms with Gasteiger partial charge in [-0.2, -0.15) is 0 Å². The zero-order valence-electron chi connectivity index (χ0n) is 11.2. The minimum Gasteiger partial charge on any atom is -0.353 e. The quantitative estimate of drug-likeness (QED) is 0.667. The number of nitrogens with zero attached hydrogens (tertiary/aromatic N) is 1. The largest absolute Gasteiger partial charge is 0.353 e. The van der Waals surface area contributed by atoms with E-state index >= 15 is 0 Å². The summed E-state index contributed by atoms with van der Waals surface area (Å²) in [7, 11) is 1.37. The van der Waals surface area contributed by atoms with E-state index in [1.165, 1.54) is 13.2 Å². The molecule has 1 amide bonds. The number of carbonyl (C=O) groups excluding carboxylic acids is 1. The van der Waals surface area contributed by atoms with E-state index in [1.54, 1.807) is 0 Å². The monoisotopic (exact) mass is 302 g/mol. The van der Waals surface area contributed by atoms with Crippen molar-refractivity contribution in [2.75, 3.05) is 0 Å². The Balaban J connectivity index is 0.00000200. The van der Waals surface area contributed by atoms with Gasteiger partial charge in [-0.3, -0.25) is 14.2 Å². The van der Waals surface area contributed by atoms with E-state index in [-0.39, 0.29) is 42.4 Å². The molecule has 1 aromatic rings. The molecule has 0 radical (unpaired) electrons. The third-order valence-electron chi connectivity index (χ3n) is 3.44. The summed E-state index contributed by atoms with van der Waals surface area (Å²) >= 11 is 0. The van der Waals surface area contributed by atoms with Crippen molar-refractivity contribution in [3.8, 4) is 0 Å². The van der Waals surface area contributed by atoms with Crippen molar-refractivity contribution in [1.82, 2.24) is 14.9 Å². The number of H-pyrrole nitrogens is 1. The van der Waals surface area contributed by atoms with Gasteiger partial charge >= 0.3 is 5.69 Å². The van der Waals surface area contributed by atoms with Gasteiger partial charge in [0.1, 0.15) is 0 Å². The van der Waals surface area contributed by atoms with Gasteiger partial charge in [0, 0.05) is 30.9 Å². The molecule has 1 aliphatic carbocycles. The lowest BCUT2D eigenvalue weighted by atomic mass is 10.2. The number of nitrogens with two attached hydrogens (primary N) is 1. The molecule has 1 heterocycles. The first-order valence-electron chi connectivity index (χ1n) is 6.30.